The van der Waals surface area contributed by atoms with E-state index in [9.17, 15) is 27.8 Å². The molecule has 2 N–H and O–H groups in total. The van der Waals surface area contributed by atoms with Gasteiger partial charge in [0.25, 0.3) is 5.91 Å². The number of rotatable bonds is 12. The molecule has 0 saturated carbocycles. The topological polar surface area (TPSA) is 145 Å². The lowest BCUT2D eigenvalue weighted by atomic mass is 9.97. The van der Waals surface area contributed by atoms with Crippen LogP contribution in [-0.4, -0.2) is 66.6 Å². The molecule has 2 rings (SSSR count). The zero-order valence-corrected chi connectivity index (χ0v) is 22.5. The molecule has 10 nitrogen and oxygen atoms in total. The molecule has 1 aromatic carbocycles. The number of azo groups is 1. The summed E-state index contributed by atoms with van der Waals surface area (Å²) >= 11 is 0. The molecule has 0 aliphatic rings. The van der Waals surface area contributed by atoms with E-state index in [1.807, 2.05) is 20.8 Å². The number of amides is 1. The lowest BCUT2D eigenvalue weighted by molar-refractivity contribution is -0.120. The van der Waals surface area contributed by atoms with E-state index in [4.69, 9.17) is 0 Å². The largest absolute Gasteiger partial charge is 0.392 e. The standard InChI is InChI=1S/C25H34FN5O5S/c1-6-13-27-30-22(34)15-20(33)14-19(32)11-12-21-23(16(2)3)28-25(31(4)37(5,35)36)29-24(21)17-7-9-18(26)10-8-17/h7-12,16,19-20,32-33H,6,13-15H2,1-5H3/b12-11+,30-27?/t19-,20-/m1/s1. The van der Waals surface area contributed by atoms with E-state index in [1.54, 1.807) is 6.08 Å². The molecule has 0 radical (unpaired) electrons. The van der Waals surface area contributed by atoms with Crippen LogP contribution in [0.2, 0.25) is 0 Å². The van der Waals surface area contributed by atoms with Crippen LogP contribution in [0.3, 0.4) is 0 Å². The van der Waals surface area contributed by atoms with Gasteiger partial charge in [-0.15, -0.1) is 5.11 Å². The van der Waals surface area contributed by atoms with Crippen molar-refractivity contribution in [2.24, 2.45) is 10.2 Å². The second-order valence-corrected chi connectivity index (χ2v) is 11.0. The fraction of sp³-hybridized carbons (Fsp3) is 0.480. The van der Waals surface area contributed by atoms with Gasteiger partial charge in [-0.05, 0) is 36.6 Å². The molecule has 0 fully saturated rings. The van der Waals surface area contributed by atoms with Gasteiger partial charge in [0.15, 0.2) is 0 Å². The molecule has 0 bridgehead atoms. The summed E-state index contributed by atoms with van der Waals surface area (Å²) in [6.07, 6.45) is 2.16. The smallest absolute Gasteiger partial charge is 0.266 e. The first-order valence-electron chi connectivity index (χ1n) is 11.9. The molecule has 1 amide bonds. The maximum atomic E-state index is 13.6. The molecular weight excluding hydrogens is 501 g/mol. The van der Waals surface area contributed by atoms with Crippen LogP contribution in [0.4, 0.5) is 10.3 Å². The van der Waals surface area contributed by atoms with Gasteiger partial charge in [-0.2, -0.15) is 5.11 Å². The van der Waals surface area contributed by atoms with E-state index in [-0.39, 0.29) is 24.7 Å². The van der Waals surface area contributed by atoms with E-state index < -0.39 is 34.0 Å². The van der Waals surface area contributed by atoms with Crippen molar-refractivity contribution in [3.63, 3.8) is 0 Å². The first kappa shape index (κ1) is 30.1. The number of anilines is 1. The first-order valence-corrected chi connectivity index (χ1v) is 13.7. The summed E-state index contributed by atoms with van der Waals surface area (Å²) in [7, 11) is -2.31. The van der Waals surface area contributed by atoms with Gasteiger partial charge < -0.3 is 10.2 Å². The third kappa shape index (κ3) is 9.06. The Labute approximate surface area is 217 Å². The predicted molar refractivity (Wildman–Crippen MR) is 140 cm³/mol. The number of aliphatic hydroxyl groups excluding tert-OH is 2. The van der Waals surface area contributed by atoms with Crippen LogP contribution in [0.15, 0.2) is 40.6 Å². The van der Waals surface area contributed by atoms with Crippen molar-refractivity contribution >= 4 is 28.0 Å². The Balaban J connectivity index is 2.44. The Morgan fingerprint density at radius 1 is 1.19 bits per heavy atom. The fourth-order valence-electron chi connectivity index (χ4n) is 3.32. The van der Waals surface area contributed by atoms with E-state index >= 15 is 0 Å². The number of benzene rings is 1. The molecule has 0 saturated heterocycles. The van der Waals surface area contributed by atoms with Crippen LogP contribution in [0.5, 0.6) is 0 Å². The van der Waals surface area contributed by atoms with Crippen LogP contribution in [0, 0.1) is 5.82 Å². The van der Waals surface area contributed by atoms with Crippen LogP contribution in [0.25, 0.3) is 17.3 Å². The summed E-state index contributed by atoms with van der Waals surface area (Å²) in [6.45, 7) is 6.06. The molecule has 1 aromatic heterocycles. The number of sulfonamides is 1. The van der Waals surface area contributed by atoms with Gasteiger partial charge in [0.1, 0.15) is 5.82 Å². The summed E-state index contributed by atoms with van der Waals surface area (Å²) in [5.41, 5.74) is 1.88. The highest BCUT2D eigenvalue weighted by molar-refractivity contribution is 7.92. The van der Waals surface area contributed by atoms with Gasteiger partial charge in [-0.3, -0.25) is 4.79 Å². The molecule has 0 aliphatic carbocycles. The van der Waals surface area contributed by atoms with Gasteiger partial charge in [-0.25, -0.2) is 27.1 Å². The minimum atomic E-state index is -3.65. The van der Waals surface area contributed by atoms with Crippen LogP contribution in [-0.2, 0) is 14.8 Å². The molecule has 12 heteroatoms. The third-order valence-corrected chi connectivity index (χ3v) is 6.48. The molecule has 1 heterocycles. The molecule has 37 heavy (non-hydrogen) atoms. The highest BCUT2D eigenvalue weighted by atomic mass is 32.2. The van der Waals surface area contributed by atoms with Crippen molar-refractivity contribution in [1.82, 2.24) is 9.97 Å². The van der Waals surface area contributed by atoms with Gasteiger partial charge >= 0.3 is 0 Å². The van der Waals surface area contributed by atoms with Crippen molar-refractivity contribution in [2.45, 2.75) is 58.2 Å². The van der Waals surface area contributed by atoms with E-state index in [2.05, 4.69) is 20.2 Å². The number of halogens is 1. The predicted octanol–water partition coefficient (Wildman–Crippen LogP) is 3.71. The number of hydrogen-bond acceptors (Lipinski definition) is 8. The molecule has 0 aliphatic heterocycles. The molecule has 0 spiro atoms. The number of aromatic nitrogens is 2. The van der Waals surface area contributed by atoms with Gasteiger partial charge in [-0.1, -0.05) is 32.9 Å². The van der Waals surface area contributed by atoms with Crippen molar-refractivity contribution in [3.05, 3.63) is 47.4 Å². The SMILES string of the molecule is CCCN=NC(=O)C[C@H](O)C[C@H](O)/C=C/c1c(-c2ccc(F)cc2)nc(N(C)S(C)(=O)=O)nc1C(C)C. The maximum Gasteiger partial charge on any atom is 0.266 e. The molecular formula is C25H34FN5O5S. The van der Waals surface area contributed by atoms with Crippen LogP contribution < -0.4 is 4.31 Å². The Hall–Kier alpha value is -3.09. The van der Waals surface area contributed by atoms with Gasteiger partial charge in [0.05, 0.1) is 42.8 Å². The summed E-state index contributed by atoms with van der Waals surface area (Å²) in [5.74, 6) is -1.23. The summed E-state index contributed by atoms with van der Waals surface area (Å²) in [5, 5.41) is 27.9. The minimum Gasteiger partial charge on any atom is -0.392 e. The van der Waals surface area contributed by atoms with E-state index in [0.29, 0.717) is 29.1 Å². The summed E-state index contributed by atoms with van der Waals surface area (Å²) in [4.78, 5) is 20.7. The number of carbonyl (C=O) groups is 1. The first-order chi connectivity index (χ1) is 17.3. The maximum absolute atomic E-state index is 13.6. The van der Waals surface area contributed by atoms with Gasteiger partial charge in [0, 0.05) is 24.6 Å². The normalized spacial score (nSPS) is 14.0. The van der Waals surface area contributed by atoms with E-state index in [0.717, 1.165) is 17.0 Å². The number of aliphatic hydroxyl groups is 2. The Kier molecular flexibility index (Phi) is 11.0. The molecule has 2 aromatic rings. The zero-order valence-electron chi connectivity index (χ0n) is 21.7. The second kappa shape index (κ2) is 13.5. The summed E-state index contributed by atoms with van der Waals surface area (Å²) < 4.78 is 38.9. The summed E-state index contributed by atoms with van der Waals surface area (Å²) in [6, 6.07) is 5.56. The van der Waals surface area contributed by atoms with Gasteiger partial charge in [0.2, 0.25) is 16.0 Å². The Morgan fingerprint density at radius 2 is 1.84 bits per heavy atom. The third-order valence-electron chi connectivity index (χ3n) is 5.32. The van der Waals surface area contributed by atoms with E-state index in [1.165, 1.54) is 37.4 Å². The molecule has 2 atom stereocenters. The lowest BCUT2D eigenvalue weighted by Crippen LogP contribution is -2.27. The Bertz CT molecular complexity index is 1230. The van der Waals surface area contributed by atoms with Crippen LogP contribution >= 0.6 is 0 Å². The highest BCUT2D eigenvalue weighted by Crippen LogP contribution is 2.31. The van der Waals surface area contributed by atoms with Crippen molar-refractivity contribution < 1.29 is 27.8 Å². The van der Waals surface area contributed by atoms with Crippen molar-refractivity contribution in [3.8, 4) is 11.3 Å². The fourth-order valence-corrected chi connectivity index (χ4v) is 3.69. The zero-order chi connectivity index (χ0) is 27.8. The average Bonchev–Trinajstić information content (AvgIpc) is 2.81. The number of hydrogen-bond donors (Lipinski definition) is 2. The molecule has 202 valence electrons. The quantitative estimate of drug-likeness (QED) is 0.394. The average molecular weight is 536 g/mol. The Morgan fingerprint density at radius 3 is 2.41 bits per heavy atom. The minimum absolute atomic E-state index is 0.0469. The van der Waals surface area contributed by atoms with Crippen LogP contribution in [0.1, 0.15) is 57.2 Å². The van der Waals surface area contributed by atoms with Crippen molar-refractivity contribution in [1.29, 1.82) is 0 Å². The monoisotopic (exact) mass is 535 g/mol. The highest BCUT2D eigenvalue weighted by Gasteiger charge is 2.22. The lowest BCUT2D eigenvalue weighted by Gasteiger charge is -2.20. The number of carbonyl (C=O) groups excluding carboxylic acids is 1. The van der Waals surface area contributed by atoms with Crippen molar-refractivity contribution in [2.75, 3.05) is 24.2 Å². The molecule has 0 unspecified atom stereocenters. The second-order valence-electron chi connectivity index (χ2n) is 8.94. The number of nitrogens with zero attached hydrogens (tertiary/aromatic N) is 5.